The molecule has 4 fully saturated rings. The fourth-order valence-electron chi connectivity index (χ4n) is 9.55. The van der Waals surface area contributed by atoms with E-state index >= 15 is 0 Å². The molecule has 0 radical (unpaired) electrons. The van der Waals surface area contributed by atoms with Crippen molar-refractivity contribution in [2.24, 2.45) is 46.3 Å². The average molecular weight is 469 g/mol. The van der Waals surface area contributed by atoms with Gasteiger partial charge >= 0.3 is 5.97 Å². The lowest BCUT2D eigenvalue weighted by molar-refractivity contribution is -0.241. The summed E-state index contributed by atoms with van der Waals surface area (Å²) in [6.07, 6.45) is 13.7. The number of esters is 1. The normalized spacial score (nSPS) is 51.8. The number of fused-ring (bicyclic) bond motifs is 7. The molecule has 0 unspecified atom stereocenters. The van der Waals surface area contributed by atoms with Gasteiger partial charge < -0.3 is 14.2 Å². The molecule has 4 aliphatic carbocycles. The van der Waals surface area contributed by atoms with Crippen LogP contribution in [0.3, 0.4) is 0 Å². The largest absolute Gasteiger partial charge is 0.461 e. The summed E-state index contributed by atoms with van der Waals surface area (Å²) in [6.45, 7) is 7.81. The van der Waals surface area contributed by atoms with Gasteiger partial charge in [0.15, 0.2) is 5.78 Å². The number of rotatable bonds is 3. The maximum atomic E-state index is 13.1. The van der Waals surface area contributed by atoms with Crippen molar-refractivity contribution in [3.63, 3.8) is 0 Å². The van der Waals surface area contributed by atoms with Crippen molar-refractivity contribution in [3.8, 4) is 0 Å². The van der Waals surface area contributed by atoms with Crippen molar-refractivity contribution in [2.75, 3.05) is 20.3 Å². The lowest BCUT2D eigenvalue weighted by Gasteiger charge is -2.58. The maximum Gasteiger partial charge on any atom is 0.314 e. The monoisotopic (exact) mass is 468 g/mol. The van der Waals surface area contributed by atoms with E-state index < -0.39 is 5.60 Å². The zero-order chi connectivity index (χ0) is 23.9. The topological polar surface area (TPSA) is 61.8 Å². The Hall–Kier alpha value is -1.46. The molecule has 5 nitrogen and oxygen atoms in total. The molecule has 0 aromatic heterocycles. The minimum absolute atomic E-state index is 0.0573. The highest BCUT2D eigenvalue weighted by atomic mass is 16.6. The van der Waals surface area contributed by atoms with E-state index in [1.54, 1.807) is 7.11 Å². The third-order valence-corrected chi connectivity index (χ3v) is 11.5. The predicted octanol–water partition coefficient (Wildman–Crippen LogP) is 4.89. The van der Waals surface area contributed by atoms with E-state index in [1.165, 1.54) is 18.4 Å². The number of allylic oxidation sites excluding steroid dienone is 4. The van der Waals surface area contributed by atoms with E-state index in [4.69, 9.17) is 14.2 Å². The van der Waals surface area contributed by atoms with Crippen molar-refractivity contribution < 1.29 is 23.8 Å². The summed E-state index contributed by atoms with van der Waals surface area (Å²) in [6, 6.07) is 0. The summed E-state index contributed by atoms with van der Waals surface area (Å²) in [5.74, 6) is 2.23. The molecule has 0 N–H and O–H groups in total. The molecule has 0 spiro atoms. The van der Waals surface area contributed by atoms with Crippen molar-refractivity contribution in [1.29, 1.82) is 0 Å². The Morgan fingerprint density at radius 3 is 2.59 bits per heavy atom. The Kier molecular flexibility index (Phi) is 5.25. The minimum Gasteiger partial charge on any atom is -0.461 e. The second-order valence-electron chi connectivity index (χ2n) is 12.7. The zero-order valence-corrected chi connectivity index (χ0v) is 21.2. The van der Waals surface area contributed by atoms with E-state index in [2.05, 4.69) is 26.8 Å². The highest BCUT2D eigenvalue weighted by Crippen LogP contribution is 2.67. The smallest absolute Gasteiger partial charge is 0.314 e. The third-order valence-electron chi connectivity index (χ3n) is 11.5. The molecule has 2 bridgehead atoms. The summed E-state index contributed by atoms with van der Waals surface area (Å²) in [4.78, 5) is 26.0. The SMILES string of the molecule is COC[C@@H]1C(=O)O[C@@H]2C[C@@]1(C)OC[C@H]2[C@H]1CC[C@H]2[C@@H]3CC=C4CC=CC(=O)[C@]4(C)[C@H]3CC[C@]12C. The van der Waals surface area contributed by atoms with Crippen LogP contribution in [0.1, 0.15) is 65.7 Å². The van der Waals surface area contributed by atoms with Crippen molar-refractivity contribution in [2.45, 2.75) is 77.4 Å². The van der Waals surface area contributed by atoms with Crippen LogP contribution in [0, 0.1) is 46.3 Å². The van der Waals surface area contributed by atoms with Crippen LogP contribution < -0.4 is 0 Å². The fraction of sp³-hybridized carbons (Fsp3) is 0.793. The number of hydrogen-bond acceptors (Lipinski definition) is 5. The molecule has 34 heavy (non-hydrogen) atoms. The molecule has 0 aromatic rings. The molecule has 6 aliphatic rings. The zero-order valence-electron chi connectivity index (χ0n) is 21.2. The molecule has 2 heterocycles. The van der Waals surface area contributed by atoms with Gasteiger partial charge in [-0.05, 0) is 87.5 Å². The standard InChI is InChI=1S/C29H40O5/c1-27-13-12-22-18(9-8-17-6-5-7-25(30)29(17,22)3)20(27)10-11-21(27)19-15-33-28(2)14-24(19)34-26(31)23(28)16-32-4/h5,7-8,18-24H,6,9-16H2,1-4H3/t18-,19-,20-,21+,22-,23+,24+,27-,28+,29-/m0/s1. The van der Waals surface area contributed by atoms with Crippen LogP contribution in [0.2, 0.25) is 0 Å². The maximum absolute atomic E-state index is 13.1. The molecule has 10 atom stereocenters. The molecular weight excluding hydrogens is 428 g/mol. The highest BCUT2D eigenvalue weighted by molar-refractivity contribution is 5.98. The number of methoxy groups -OCH3 is 1. The lowest BCUT2D eigenvalue weighted by atomic mass is 9.47. The first-order valence-corrected chi connectivity index (χ1v) is 13.5. The molecule has 5 heteroatoms. The minimum atomic E-state index is -0.489. The van der Waals surface area contributed by atoms with Gasteiger partial charge in [-0.15, -0.1) is 0 Å². The van der Waals surface area contributed by atoms with Gasteiger partial charge in [-0.1, -0.05) is 24.6 Å². The number of ether oxygens (including phenoxy) is 3. The molecule has 6 rings (SSSR count). The van der Waals surface area contributed by atoms with Crippen LogP contribution in [0.4, 0.5) is 0 Å². The first-order chi connectivity index (χ1) is 16.2. The van der Waals surface area contributed by atoms with Gasteiger partial charge in [0.25, 0.3) is 0 Å². The van der Waals surface area contributed by atoms with Gasteiger partial charge in [-0.25, -0.2) is 0 Å². The summed E-state index contributed by atoms with van der Waals surface area (Å²) in [7, 11) is 1.63. The van der Waals surface area contributed by atoms with Crippen LogP contribution in [0.15, 0.2) is 23.8 Å². The highest BCUT2D eigenvalue weighted by Gasteiger charge is 2.63. The summed E-state index contributed by atoms with van der Waals surface area (Å²) >= 11 is 0. The fourth-order valence-corrected chi connectivity index (χ4v) is 9.55. The average Bonchev–Trinajstić information content (AvgIpc) is 3.15. The third kappa shape index (κ3) is 2.98. The number of carbonyl (C=O) groups excluding carboxylic acids is 2. The van der Waals surface area contributed by atoms with Gasteiger partial charge in [-0.3, -0.25) is 9.59 Å². The van der Waals surface area contributed by atoms with E-state index in [1.807, 2.05) is 12.2 Å². The van der Waals surface area contributed by atoms with Crippen LogP contribution in [-0.4, -0.2) is 43.8 Å². The Morgan fingerprint density at radius 1 is 1.06 bits per heavy atom. The predicted molar refractivity (Wildman–Crippen MR) is 128 cm³/mol. The summed E-state index contributed by atoms with van der Waals surface area (Å²) < 4.78 is 17.9. The number of carbonyl (C=O) groups is 2. The second-order valence-corrected chi connectivity index (χ2v) is 12.7. The van der Waals surface area contributed by atoms with Crippen LogP contribution >= 0.6 is 0 Å². The Morgan fingerprint density at radius 2 is 1.82 bits per heavy atom. The Labute approximate surface area is 203 Å². The van der Waals surface area contributed by atoms with E-state index in [0.29, 0.717) is 42.7 Å². The van der Waals surface area contributed by atoms with Gasteiger partial charge in [0, 0.05) is 19.4 Å². The quantitative estimate of drug-likeness (QED) is 0.436. The summed E-state index contributed by atoms with van der Waals surface area (Å²) in [5, 5.41) is 0. The molecular formula is C29H40O5. The van der Waals surface area contributed by atoms with Crippen LogP contribution in [-0.2, 0) is 23.8 Å². The van der Waals surface area contributed by atoms with Crippen molar-refractivity contribution in [1.82, 2.24) is 0 Å². The van der Waals surface area contributed by atoms with Gasteiger partial charge in [-0.2, -0.15) is 0 Å². The lowest BCUT2D eigenvalue weighted by Crippen LogP contribution is -2.61. The van der Waals surface area contributed by atoms with Crippen molar-refractivity contribution in [3.05, 3.63) is 23.8 Å². The molecule has 2 saturated heterocycles. The molecule has 0 amide bonds. The van der Waals surface area contributed by atoms with Crippen LogP contribution in [0.25, 0.3) is 0 Å². The molecule has 186 valence electrons. The molecule has 2 aliphatic heterocycles. The molecule has 0 aromatic carbocycles. The van der Waals surface area contributed by atoms with Gasteiger partial charge in [0.05, 0.1) is 24.2 Å². The van der Waals surface area contributed by atoms with Crippen LogP contribution in [0.5, 0.6) is 0 Å². The number of ketones is 1. The van der Waals surface area contributed by atoms with E-state index in [9.17, 15) is 9.59 Å². The van der Waals surface area contributed by atoms with Gasteiger partial charge in [0.2, 0.25) is 0 Å². The molecule has 2 saturated carbocycles. The Bertz CT molecular complexity index is 952. The number of hydrogen-bond donors (Lipinski definition) is 0. The van der Waals surface area contributed by atoms with Crippen molar-refractivity contribution >= 4 is 11.8 Å². The van der Waals surface area contributed by atoms with Gasteiger partial charge in [0.1, 0.15) is 12.0 Å². The first-order valence-electron chi connectivity index (χ1n) is 13.5. The summed E-state index contributed by atoms with van der Waals surface area (Å²) in [5.41, 5.74) is 0.784. The second kappa shape index (κ2) is 7.77. The van der Waals surface area contributed by atoms with E-state index in [0.717, 1.165) is 32.1 Å². The van der Waals surface area contributed by atoms with E-state index in [-0.39, 0.29) is 34.7 Å². The first kappa shape index (κ1) is 23.0. The Balaban J connectivity index is 1.25.